The fourth-order valence-corrected chi connectivity index (χ4v) is 7.67. The Morgan fingerprint density at radius 3 is 2.71 bits per heavy atom. The Morgan fingerprint density at radius 1 is 1.32 bits per heavy atom. The molecule has 5 heteroatoms. The summed E-state index contributed by atoms with van der Waals surface area (Å²) in [5.41, 5.74) is 0.366. The zero-order valence-corrected chi connectivity index (χ0v) is 20.0. The maximum absolute atomic E-state index is 15.2. The van der Waals surface area contributed by atoms with E-state index >= 15 is 4.39 Å². The number of aryl methyl sites for hydroxylation is 1. The van der Waals surface area contributed by atoms with Crippen molar-refractivity contribution < 1.29 is 14.3 Å². The number of alkyl halides is 1. The van der Waals surface area contributed by atoms with E-state index in [0.717, 1.165) is 44.1 Å². The summed E-state index contributed by atoms with van der Waals surface area (Å²) in [6.07, 6.45) is 9.40. The van der Waals surface area contributed by atoms with Gasteiger partial charge in [0.05, 0.1) is 18.3 Å². The molecule has 0 bridgehead atoms. The van der Waals surface area contributed by atoms with Crippen LogP contribution in [0.2, 0.25) is 0 Å². The highest BCUT2D eigenvalue weighted by molar-refractivity contribution is 5.82. The SMILES string of the molecule is Cc1cnn(CC(=O)[C@H]2CC[C@H]3[C@@H]4C[C@@H](F)[C@@H](C)[C@H](CCC(C)(C)O)[C@H]4CC[C@]23C)c1. The van der Waals surface area contributed by atoms with E-state index in [-0.39, 0.29) is 17.3 Å². The lowest BCUT2D eigenvalue weighted by molar-refractivity contribution is -0.132. The Bertz CT molecular complexity index is 800. The summed E-state index contributed by atoms with van der Waals surface area (Å²) >= 11 is 0. The number of nitrogens with zero attached hydrogens (tertiary/aromatic N) is 2. The summed E-state index contributed by atoms with van der Waals surface area (Å²) in [5.74, 6) is 2.11. The molecule has 3 saturated carbocycles. The second-order valence-corrected chi connectivity index (χ2v) is 11.9. The molecule has 8 atom stereocenters. The predicted molar refractivity (Wildman–Crippen MR) is 120 cm³/mol. The van der Waals surface area contributed by atoms with E-state index in [2.05, 4.69) is 18.9 Å². The van der Waals surface area contributed by atoms with Gasteiger partial charge in [-0.1, -0.05) is 13.8 Å². The Morgan fingerprint density at radius 2 is 2.06 bits per heavy atom. The first-order valence-electron chi connectivity index (χ1n) is 12.4. The average Bonchev–Trinajstić information content (AvgIpc) is 3.24. The summed E-state index contributed by atoms with van der Waals surface area (Å²) in [6, 6.07) is 0. The molecular weight excluding hydrogens is 391 g/mol. The van der Waals surface area contributed by atoms with Gasteiger partial charge in [-0.15, -0.1) is 0 Å². The highest BCUT2D eigenvalue weighted by atomic mass is 19.1. The van der Waals surface area contributed by atoms with Gasteiger partial charge in [0.1, 0.15) is 6.17 Å². The van der Waals surface area contributed by atoms with Gasteiger partial charge in [-0.2, -0.15) is 5.10 Å². The van der Waals surface area contributed by atoms with Crippen LogP contribution in [0.25, 0.3) is 0 Å². The molecule has 1 aromatic heterocycles. The van der Waals surface area contributed by atoms with Gasteiger partial charge in [0.15, 0.2) is 5.78 Å². The number of carbonyl (C=O) groups is 1. The number of Topliss-reactive ketones (excluding diaryl/α,β-unsaturated/α-hetero) is 1. The van der Waals surface area contributed by atoms with Gasteiger partial charge in [0.2, 0.25) is 0 Å². The molecule has 4 nitrogen and oxygen atoms in total. The molecule has 1 N–H and O–H groups in total. The molecule has 0 amide bonds. The summed E-state index contributed by atoms with van der Waals surface area (Å²) in [6.45, 7) is 10.5. The molecule has 0 spiro atoms. The lowest BCUT2D eigenvalue weighted by Gasteiger charge is -2.55. The third-order valence-electron chi connectivity index (χ3n) is 9.34. The van der Waals surface area contributed by atoms with E-state index in [4.69, 9.17) is 0 Å². The van der Waals surface area contributed by atoms with Crippen molar-refractivity contribution in [2.75, 3.05) is 0 Å². The molecule has 1 heterocycles. The van der Waals surface area contributed by atoms with Crippen molar-refractivity contribution in [1.82, 2.24) is 9.78 Å². The van der Waals surface area contributed by atoms with Crippen LogP contribution < -0.4 is 0 Å². The summed E-state index contributed by atoms with van der Waals surface area (Å²) in [4.78, 5) is 13.3. The molecule has 3 aliphatic carbocycles. The Hall–Kier alpha value is -1.23. The second kappa shape index (κ2) is 8.28. The van der Waals surface area contributed by atoms with Crippen LogP contribution in [0, 0.1) is 47.8 Å². The first-order valence-corrected chi connectivity index (χ1v) is 12.4. The van der Waals surface area contributed by atoms with Crippen LogP contribution in [0.5, 0.6) is 0 Å². The van der Waals surface area contributed by atoms with Crippen LogP contribution in [0.1, 0.15) is 78.2 Å². The van der Waals surface area contributed by atoms with Crippen molar-refractivity contribution in [2.24, 2.45) is 40.9 Å². The number of hydrogen-bond donors (Lipinski definition) is 1. The van der Waals surface area contributed by atoms with E-state index in [1.165, 1.54) is 0 Å². The van der Waals surface area contributed by atoms with Gasteiger partial charge < -0.3 is 5.11 Å². The van der Waals surface area contributed by atoms with Crippen molar-refractivity contribution >= 4 is 5.78 Å². The maximum Gasteiger partial charge on any atom is 0.157 e. The number of aromatic nitrogens is 2. The minimum absolute atomic E-state index is 0.0124. The molecule has 0 unspecified atom stereocenters. The maximum atomic E-state index is 15.2. The van der Waals surface area contributed by atoms with Gasteiger partial charge >= 0.3 is 0 Å². The van der Waals surface area contributed by atoms with Crippen LogP contribution in [0.15, 0.2) is 12.4 Å². The topological polar surface area (TPSA) is 55.1 Å². The van der Waals surface area contributed by atoms with Crippen LogP contribution >= 0.6 is 0 Å². The van der Waals surface area contributed by atoms with Crippen molar-refractivity contribution in [2.45, 2.75) is 97.9 Å². The lowest BCUT2D eigenvalue weighted by atomic mass is 9.50. The highest BCUT2D eigenvalue weighted by Gasteiger charge is 2.59. The smallest absolute Gasteiger partial charge is 0.157 e. The molecule has 0 saturated heterocycles. The third-order valence-corrected chi connectivity index (χ3v) is 9.34. The third kappa shape index (κ3) is 4.36. The molecule has 0 aliphatic heterocycles. The number of ketones is 1. The van der Waals surface area contributed by atoms with Crippen molar-refractivity contribution in [1.29, 1.82) is 0 Å². The van der Waals surface area contributed by atoms with Gasteiger partial charge in [-0.25, -0.2) is 4.39 Å². The molecule has 3 fully saturated rings. The van der Waals surface area contributed by atoms with Crippen LogP contribution in [-0.4, -0.2) is 32.4 Å². The second-order valence-electron chi connectivity index (χ2n) is 11.9. The van der Waals surface area contributed by atoms with Gasteiger partial charge in [-0.3, -0.25) is 9.48 Å². The summed E-state index contributed by atoms with van der Waals surface area (Å²) in [5, 5.41) is 14.6. The molecule has 31 heavy (non-hydrogen) atoms. The Kier molecular flexibility index (Phi) is 6.13. The van der Waals surface area contributed by atoms with E-state index in [0.29, 0.717) is 42.4 Å². The normalized spacial score (nSPS) is 40.4. The standard InChI is InChI=1S/C26H41FN2O2/c1-16-13-28-29(14-16)15-24(30)22-7-6-21-20-12-23(27)17(2)18(8-10-25(3,4)31)19(20)9-11-26(21,22)5/h13-14,17-23,31H,6-12,15H2,1-5H3/t17-,18-,19+,20+,21-,22+,23+,26-/m0/s1. The van der Waals surface area contributed by atoms with E-state index < -0.39 is 11.8 Å². The van der Waals surface area contributed by atoms with E-state index in [1.54, 1.807) is 10.9 Å². The minimum Gasteiger partial charge on any atom is -0.390 e. The largest absolute Gasteiger partial charge is 0.390 e. The number of carbonyl (C=O) groups excluding carboxylic acids is 1. The first kappa shape index (κ1) is 22.9. The molecule has 0 aromatic carbocycles. The first-order chi connectivity index (χ1) is 14.5. The van der Waals surface area contributed by atoms with Gasteiger partial charge in [0.25, 0.3) is 0 Å². The number of hydrogen-bond acceptors (Lipinski definition) is 3. The van der Waals surface area contributed by atoms with Crippen molar-refractivity contribution in [3.63, 3.8) is 0 Å². The zero-order valence-electron chi connectivity index (χ0n) is 20.0. The Balaban J connectivity index is 1.51. The van der Waals surface area contributed by atoms with E-state index in [9.17, 15) is 9.90 Å². The molecule has 3 aliphatic rings. The van der Waals surface area contributed by atoms with Crippen molar-refractivity contribution in [3.8, 4) is 0 Å². The van der Waals surface area contributed by atoms with Crippen LogP contribution in [0.3, 0.4) is 0 Å². The van der Waals surface area contributed by atoms with Crippen LogP contribution in [0.4, 0.5) is 4.39 Å². The molecule has 1 aromatic rings. The van der Waals surface area contributed by atoms with Crippen LogP contribution in [-0.2, 0) is 11.3 Å². The van der Waals surface area contributed by atoms with E-state index in [1.807, 2.05) is 27.0 Å². The molecule has 174 valence electrons. The summed E-state index contributed by atoms with van der Waals surface area (Å²) < 4.78 is 17.0. The fraction of sp³-hybridized carbons (Fsp3) is 0.846. The quantitative estimate of drug-likeness (QED) is 0.658. The zero-order chi connectivity index (χ0) is 22.6. The molecule has 0 radical (unpaired) electrons. The summed E-state index contributed by atoms with van der Waals surface area (Å²) in [7, 11) is 0. The predicted octanol–water partition coefficient (Wildman–Crippen LogP) is 5.36. The average molecular weight is 433 g/mol. The number of halogens is 1. The highest BCUT2D eigenvalue weighted by Crippen LogP contribution is 2.63. The number of rotatable bonds is 6. The Labute approximate surface area is 187 Å². The fourth-order valence-electron chi connectivity index (χ4n) is 7.67. The molecule has 4 rings (SSSR count). The van der Waals surface area contributed by atoms with Crippen molar-refractivity contribution in [3.05, 3.63) is 18.0 Å². The molecular formula is C26H41FN2O2. The number of aliphatic hydroxyl groups is 1. The van der Waals surface area contributed by atoms with Gasteiger partial charge in [0, 0.05) is 12.1 Å². The lowest BCUT2D eigenvalue weighted by Crippen LogP contribution is -2.51. The minimum atomic E-state index is -0.766. The van der Waals surface area contributed by atoms with Gasteiger partial charge in [-0.05, 0) is 106 Å². The number of fused-ring (bicyclic) bond motifs is 3. The monoisotopic (exact) mass is 432 g/mol.